The maximum absolute atomic E-state index is 13.2. The zero-order valence-corrected chi connectivity index (χ0v) is 21.3. The van der Waals surface area contributed by atoms with E-state index in [9.17, 15) is 13.2 Å². The number of nitrogens with zero attached hydrogens (tertiary/aromatic N) is 4. The van der Waals surface area contributed by atoms with Crippen LogP contribution in [0.5, 0.6) is 5.88 Å². The van der Waals surface area contributed by atoms with E-state index in [4.69, 9.17) is 4.74 Å². The molecule has 1 N–H and O–H groups in total. The molecule has 1 aliphatic heterocycles. The number of hydrogen-bond donors (Lipinski definition) is 1. The highest BCUT2D eigenvalue weighted by molar-refractivity contribution is 7.89. The summed E-state index contributed by atoms with van der Waals surface area (Å²) in [4.78, 5) is 22.1. The summed E-state index contributed by atoms with van der Waals surface area (Å²) in [6.07, 6.45) is 1.57. The summed E-state index contributed by atoms with van der Waals surface area (Å²) in [5.74, 6) is -0.157. The van der Waals surface area contributed by atoms with Gasteiger partial charge in [0.25, 0.3) is 5.91 Å². The van der Waals surface area contributed by atoms with E-state index < -0.39 is 15.9 Å². The molecule has 1 aromatic heterocycles. The molecule has 1 amide bonds. The lowest BCUT2D eigenvalue weighted by molar-refractivity contribution is 0.102. The largest absolute Gasteiger partial charge is 0.477 e. The van der Waals surface area contributed by atoms with Crippen molar-refractivity contribution >= 4 is 27.3 Å². The molecule has 3 rings (SSSR count). The molecule has 0 unspecified atom stereocenters. The second kappa shape index (κ2) is 11.6. The predicted molar refractivity (Wildman–Crippen MR) is 134 cm³/mol. The Kier molecular flexibility index (Phi) is 8.87. The van der Waals surface area contributed by atoms with Crippen molar-refractivity contribution in [1.29, 1.82) is 0 Å². The number of nitrogens with one attached hydrogen (secondary N) is 1. The van der Waals surface area contributed by atoms with Crippen molar-refractivity contribution in [3.05, 3.63) is 42.1 Å². The summed E-state index contributed by atoms with van der Waals surface area (Å²) in [6.45, 7) is 13.1. The van der Waals surface area contributed by atoms with E-state index in [1.165, 1.54) is 4.31 Å². The minimum absolute atomic E-state index is 0.152. The molecule has 2 aromatic rings. The van der Waals surface area contributed by atoms with Crippen molar-refractivity contribution in [3.63, 3.8) is 0 Å². The van der Waals surface area contributed by atoms with Crippen LogP contribution in [-0.4, -0.2) is 80.9 Å². The van der Waals surface area contributed by atoms with E-state index in [0.29, 0.717) is 30.9 Å². The number of aromatic nitrogens is 1. The molecule has 0 radical (unpaired) electrons. The van der Waals surface area contributed by atoms with Crippen LogP contribution >= 0.6 is 0 Å². The third-order valence-corrected chi connectivity index (χ3v) is 8.06. The highest BCUT2D eigenvalue weighted by atomic mass is 32.2. The quantitative estimate of drug-likeness (QED) is 0.548. The number of benzene rings is 1. The molecule has 9 nitrogen and oxygen atoms in total. The van der Waals surface area contributed by atoms with E-state index in [0.717, 1.165) is 38.4 Å². The lowest BCUT2D eigenvalue weighted by Gasteiger charge is -2.36. The van der Waals surface area contributed by atoms with Gasteiger partial charge < -0.3 is 19.9 Å². The maximum atomic E-state index is 13.2. The third kappa shape index (κ3) is 5.68. The molecule has 0 bridgehead atoms. The van der Waals surface area contributed by atoms with Crippen LogP contribution in [0.2, 0.25) is 0 Å². The first-order valence-corrected chi connectivity index (χ1v) is 13.3. The Balaban J connectivity index is 2.00. The molecule has 2 heterocycles. The smallest absolute Gasteiger partial charge is 0.261 e. The topological polar surface area (TPSA) is 95.1 Å². The molecule has 1 saturated heterocycles. The summed E-state index contributed by atoms with van der Waals surface area (Å²) in [5.41, 5.74) is 1.54. The monoisotopic (exact) mass is 489 g/mol. The van der Waals surface area contributed by atoms with Crippen molar-refractivity contribution in [2.75, 3.05) is 62.6 Å². The standard InChI is InChI=1S/C24H35N5O4S/c1-5-27-14-16-28(17-15-27)22-12-11-19(34(31,32)29(6-2)7-3)18-21(22)26-23(30)20-10-9-13-25-24(20)33-8-4/h9-13,18H,5-8,14-17H2,1-4H3,(H,26,30). The van der Waals surface area contributed by atoms with Gasteiger partial charge in [0.15, 0.2) is 0 Å². The first-order chi connectivity index (χ1) is 16.3. The Bertz CT molecular complexity index is 1080. The first kappa shape index (κ1) is 25.9. The second-order valence-corrected chi connectivity index (χ2v) is 9.87. The second-order valence-electron chi connectivity index (χ2n) is 7.93. The summed E-state index contributed by atoms with van der Waals surface area (Å²) in [5, 5.41) is 2.94. The van der Waals surface area contributed by atoms with Crippen molar-refractivity contribution in [2.45, 2.75) is 32.6 Å². The van der Waals surface area contributed by atoms with E-state index in [2.05, 4.69) is 27.0 Å². The number of piperazine rings is 1. The number of carbonyl (C=O) groups is 1. The molecule has 1 fully saturated rings. The van der Waals surface area contributed by atoms with Gasteiger partial charge in [0.05, 0.1) is 22.9 Å². The summed E-state index contributed by atoms with van der Waals surface area (Å²) >= 11 is 0. The van der Waals surface area contributed by atoms with Crippen molar-refractivity contribution in [2.24, 2.45) is 0 Å². The average molecular weight is 490 g/mol. The number of ether oxygens (including phenoxy) is 1. The summed E-state index contributed by atoms with van der Waals surface area (Å²) in [6, 6.07) is 8.29. The lowest BCUT2D eigenvalue weighted by Crippen LogP contribution is -2.46. The van der Waals surface area contributed by atoms with Gasteiger partial charge in [-0.05, 0) is 43.8 Å². The van der Waals surface area contributed by atoms with Gasteiger partial charge in [0.1, 0.15) is 5.56 Å². The highest BCUT2D eigenvalue weighted by Crippen LogP contribution is 2.32. The zero-order chi connectivity index (χ0) is 24.7. The van der Waals surface area contributed by atoms with E-state index in [1.807, 2.05) is 20.8 Å². The van der Waals surface area contributed by atoms with Crippen LogP contribution in [0, 0.1) is 0 Å². The van der Waals surface area contributed by atoms with E-state index in [-0.39, 0.29) is 10.8 Å². The fraction of sp³-hybridized carbons (Fsp3) is 0.500. The third-order valence-electron chi connectivity index (χ3n) is 6.02. The molecule has 0 spiro atoms. The number of rotatable bonds is 10. The molecule has 186 valence electrons. The van der Waals surface area contributed by atoms with Crippen molar-refractivity contribution in [1.82, 2.24) is 14.2 Å². The van der Waals surface area contributed by atoms with Gasteiger partial charge in [0, 0.05) is 45.5 Å². The van der Waals surface area contributed by atoms with Crippen LogP contribution in [0.1, 0.15) is 38.1 Å². The Labute approximate surface area is 202 Å². The van der Waals surface area contributed by atoms with Crippen LogP contribution in [-0.2, 0) is 10.0 Å². The first-order valence-electron chi connectivity index (χ1n) is 11.9. The van der Waals surface area contributed by atoms with Crippen LogP contribution in [0.15, 0.2) is 41.4 Å². The van der Waals surface area contributed by atoms with Gasteiger partial charge in [0.2, 0.25) is 15.9 Å². The van der Waals surface area contributed by atoms with Gasteiger partial charge in [-0.2, -0.15) is 4.31 Å². The van der Waals surface area contributed by atoms with Gasteiger partial charge in [-0.25, -0.2) is 13.4 Å². The van der Waals surface area contributed by atoms with Gasteiger partial charge in [-0.15, -0.1) is 0 Å². The van der Waals surface area contributed by atoms with Crippen LogP contribution in [0.3, 0.4) is 0 Å². The summed E-state index contributed by atoms with van der Waals surface area (Å²) < 4.78 is 33.3. The fourth-order valence-corrected chi connectivity index (χ4v) is 5.56. The number of sulfonamides is 1. The Morgan fingerprint density at radius 2 is 1.79 bits per heavy atom. The normalized spacial score (nSPS) is 14.9. The Hall–Kier alpha value is -2.69. The van der Waals surface area contributed by atoms with Crippen molar-refractivity contribution < 1.29 is 17.9 Å². The van der Waals surface area contributed by atoms with E-state index in [1.54, 1.807) is 36.5 Å². The van der Waals surface area contributed by atoms with Gasteiger partial charge >= 0.3 is 0 Å². The number of likely N-dealkylation sites (N-methyl/N-ethyl adjacent to an activating group) is 1. The maximum Gasteiger partial charge on any atom is 0.261 e. The molecular formula is C24H35N5O4S. The number of carbonyl (C=O) groups excluding carboxylic acids is 1. The highest BCUT2D eigenvalue weighted by Gasteiger charge is 2.26. The number of hydrogen-bond acceptors (Lipinski definition) is 7. The molecule has 10 heteroatoms. The molecule has 1 aliphatic rings. The van der Waals surface area contributed by atoms with Crippen LogP contribution in [0.25, 0.3) is 0 Å². The number of pyridine rings is 1. The predicted octanol–water partition coefficient (Wildman–Crippen LogP) is 2.91. The number of amides is 1. The van der Waals surface area contributed by atoms with E-state index >= 15 is 0 Å². The minimum Gasteiger partial charge on any atom is -0.477 e. The SMILES string of the molecule is CCOc1ncccc1C(=O)Nc1cc(S(=O)(=O)N(CC)CC)ccc1N1CCN(CC)CC1. The van der Waals surface area contributed by atoms with Gasteiger partial charge in [-0.1, -0.05) is 20.8 Å². The molecule has 0 atom stereocenters. The van der Waals surface area contributed by atoms with Crippen molar-refractivity contribution in [3.8, 4) is 5.88 Å². The van der Waals surface area contributed by atoms with Gasteiger partial charge in [-0.3, -0.25) is 4.79 Å². The number of anilines is 2. The molecule has 34 heavy (non-hydrogen) atoms. The summed E-state index contributed by atoms with van der Waals surface area (Å²) in [7, 11) is -3.68. The fourth-order valence-electron chi connectivity index (χ4n) is 4.07. The lowest BCUT2D eigenvalue weighted by atomic mass is 10.2. The minimum atomic E-state index is -3.68. The molecular weight excluding hydrogens is 454 g/mol. The Morgan fingerprint density at radius 3 is 2.41 bits per heavy atom. The average Bonchev–Trinajstić information content (AvgIpc) is 2.85. The molecule has 1 aromatic carbocycles. The van der Waals surface area contributed by atoms with Crippen LogP contribution < -0.4 is 15.0 Å². The molecule has 0 aliphatic carbocycles. The Morgan fingerprint density at radius 1 is 1.09 bits per heavy atom. The zero-order valence-electron chi connectivity index (χ0n) is 20.5. The molecule has 0 saturated carbocycles. The van der Waals surface area contributed by atoms with Crippen LogP contribution in [0.4, 0.5) is 11.4 Å².